The van der Waals surface area contributed by atoms with Crippen LogP contribution in [0.3, 0.4) is 0 Å². The van der Waals surface area contributed by atoms with Crippen molar-refractivity contribution >= 4 is 28.8 Å². The second kappa shape index (κ2) is 8.27. The van der Waals surface area contributed by atoms with Gasteiger partial charge in [-0.3, -0.25) is 4.79 Å². The Bertz CT molecular complexity index is 840. The summed E-state index contributed by atoms with van der Waals surface area (Å²) in [5.74, 6) is 1.34. The second-order valence-corrected chi connectivity index (χ2v) is 7.29. The zero-order valence-corrected chi connectivity index (χ0v) is 15.9. The molecule has 3 N–H and O–H groups in total. The topological polar surface area (TPSA) is 120 Å². The number of carbonyl (C=O) groups excluding carboxylic acids is 1. The van der Waals surface area contributed by atoms with Gasteiger partial charge in [0, 0.05) is 39.1 Å². The number of aliphatic hydroxyl groups excluding tert-OH is 2. The Morgan fingerprint density at radius 1 is 1.18 bits per heavy atom. The largest absolute Gasteiger partial charge is 0.395 e. The molecule has 1 unspecified atom stereocenters. The van der Waals surface area contributed by atoms with Crippen LogP contribution in [0.25, 0.3) is 11.2 Å². The van der Waals surface area contributed by atoms with Gasteiger partial charge < -0.3 is 29.9 Å². The van der Waals surface area contributed by atoms with Crippen LogP contribution in [-0.2, 0) is 11.3 Å². The van der Waals surface area contributed by atoms with Crippen molar-refractivity contribution < 1.29 is 15.0 Å². The number of nitrogens with zero attached hydrogens (tertiary/aromatic N) is 6. The number of imidazole rings is 1. The van der Waals surface area contributed by atoms with Crippen molar-refractivity contribution in [3.05, 3.63) is 6.33 Å². The third kappa shape index (κ3) is 3.61. The smallest absolute Gasteiger partial charge is 0.229 e. The fourth-order valence-electron chi connectivity index (χ4n) is 3.98. The summed E-state index contributed by atoms with van der Waals surface area (Å²) in [6.45, 7) is 3.27. The average Bonchev–Trinajstić information content (AvgIpc) is 3.43. The number of hydrogen-bond acceptors (Lipinski definition) is 8. The van der Waals surface area contributed by atoms with Gasteiger partial charge in [-0.2, -0.15) is 9.97 Å². The number of hydrogen-bond donors (Lipinski definition) is 3. The average molecular weight is 389 g/mol. The number of anilines is 2. The molecule has 152 valence electrons. The van der Waals surface area contributed by atoms with Gasteiger partial charge >= 0.3 is 0 Å². The lowest BCUT2D eigenvalue weighted by atomic mass is 10.2. The molecule has 2 saturated heterocycles. The lowest BCUT2D eigenvalue weighted by molar-refractivity contribution is -0.127. The van der Waals surface area contributed by atoms with Gasteiger partial charge in [0.05, 0.1) is 25.6 Å². The van der Waals surface area contributed by atoms with Crippen molar-refractivity contribution in [2.24, 2.45) is 0 Å². The molecule has 2 fully saturated rings. The SMILES string of the molecule is O=C1CCCN1CCn1cnc2c(NCCO)nc(N3CCCC3CO)nc21. The van der Waals surface area contributed by atoms with Gasteiger partial charge in [-0.1, -0.05) is 0 Å². The van der Waals surface area contributed by atoms with Gasteiger partial charge in [0.15, 0.2) is 17.0 Å². The maximum Gasteiger partial charge on any atom is 0.229 e. The zero-order chi connectivity index (χ0) is 19.5. The lowest BCUT2D eigenvalue weighted by Gasteiger charge is -2.23. The molecular weight excluding hydrogens is 362 g/mol. The number of fused-ring (bicyclic) bond motifs is 1. The molecule has 10 heteroatoms. The van der Waals surface area contributed by atoms with Crippen molar-refractivity contribution in [1.82, 2.24) is 24.4 Å². The van der Waals surface area contributed by atoms with Crippen molar-refractivity contribution in [2.45, 2.75) is 38.3 Å². The normalized spacial score (nSPS) is 19.9. The predicted molar refractivity (Wildman–Crippen MR) is 104 cm³/mol. The molecule has 4 rings (SSSR count). The van der Waals surface area contributed by atoms with Crippen LogP contribution in [0.2, 0.25) is 0 Å². The number of nitrogens with one attached hydrogen (secondary N) is 1. The van der Waals surface area contributed by atoms with Crippen molar-refractivity contribution in [1.29, 1.82) is 0 Å². The van der Waals surface area contributed by atoms with Gasteiger partial charge in [0.25, 0.3) is 0 Å². The Kier molecular flexibility index (Phi) is 5.58. The Balaban J connectivity index is 1.65. The Morgan fingerprint density at radius 2 is 2.07 bits per heavy atom. The molecule has 2 aromatic rings. The van der Waals surface area contributed by atoms with Crippen molar-refractivity contribution in [2.75, 3.05) is 49.6 Å². The quantitative estimate of drug-likeness (QED) is 0.569. The fraction of sp³-hybridized carbons (Fsp3) is 0.667. The van der Waals surface area contributed by atoms with E-state index in [-0.39, 0.29) is 25.2 Å². The molecule has 0 saturated carbocycles. The summed E-state index contributed by atoms with van der Waals surface area (Å²) in [7, 11) is 0. The predicted octanol–water partition coefficient (Wildman–Crippen LogP) is -0.186. The number of likely N-dealkylation sites (tertiary alicyclic amines) is 1. The zero-order valence-electron chi connectivity index (χ0n) is 15.9. The van der Waals surface area contributed by atoms with E-state index in [1.54, 1.807) is 6.33 Å². The van der Waals surface area contributed by atoms with Gasteiger partial charge in [-0.15, -0.1) is 0 Å². The number of amides is 1. The number of rotatable bonds is 8. The molecule has 2 aliphatic heterocycles. The molecular formula is C18H27N7O3. The Labute approximate surface area is 163 Å². The van der Waals surface area contributed by atoms with E-state index in [2.05, 4.69) is 15.3 Å². The van der Waals surface area contributed by atoms with Gasteiger partial charge in [0.2, 0.25) is 11.9 Å². The maximum absolute atomic E-state index is 11.9. The Morgan fingerprint density at radius 3 is 2.82 bits per heavy atom. The molecule has 2 aromatic heterocycles. The van der Waals surface area contributed by atoms with Crippen LogP contribution in [0.4, 0.5) is 11.8 Å². The lowest BCUT2D eigenvalue weighted by Crippen LogP contribution is -2.33. The third-order valence-corrected chi connectivity index (χ3v) is 5.48. The fourth-order valence-corrected chi connectivity index (χ4v) is 3.98. The first-order chi connectivity index (χ1) is 13.7. The molecule has 0 radical (unpaired) electrons. The first kappa shape index (κ1) is 18.9. The Hall–Kier alpha value is -2.46. The highest BCUT2D eigenvalue weighted by Crippen LogP contribution is 2.27. The minimum Gasteiger partial charge on any atom is -0.395 e. The number of aromatic nitrogens is 4. The second-order valence-electron chi connectivity index (χ2n) is 7.29. The van der Waals surface area contributed by atoms with Crippen LogP contribution in [0.15, 0.2) is 6.33 Å². The molecule has 10 nitrogen and oxygen atoms in total. The van der Waals surface area contributed by atoms with E-state index in [0.29, 0.717) is 49.0 Å². The van der Waals surface area contributed by atoms with Crippen LogP contribution >= 0.6 is 0 Å². The summed E-state index contributed by atoms with van der Waals surface area (Å²) in [6, 6.07) is 0.0155. The standard InChI is InChI=1S/C18H27N7O3/c26-10-5-19-16-15-17(22-18(21-16)25-7-1-3-13(25)11-27)24(12-20-15)9-8-23-6-2-4-14(23)28/h12-13,26-27H,1-11H2,(H,19,21,22). The van der Waals surface area contributed by atoms with Crippen molar-refractivity contribution in [3.63, 3.8) is 0 Å². The van der Waals surface area contributed by atoms with E-state index in [0.717, 1.165) is 32.4 Å². The maximum atomic E-state index is 11.9. The molecule has 0 spiro atoms. The highest BCUT2D eigenvalue weighted by molar-refractivity contribution is 5.84. The first-order valence-electron chi connectivity index (χ1n) is 9.94. The van der Waals surface area contributed by atoms with Crippen LogP contribution in [0, 0.1) is 0 Å². The highest BCUT2D eigenvalue weighted by Gasteiger charge is 2.28. The molecule has 0 aromatic carbocycles. The van der Waals surface area contributed by atoms with Gasteiger partial charge in [-0.05, 0) is 19.3 Å². The minimum atomic E-state index is -0.0123. The van der Waals surface area contributed by atoms with Crippen molar-refractivity contribution in [3.8, 4) is 0 Å². The van der Waals surface area contributed by atoms with E-state index < -0.39 is 0 Å². The molecule has 1 amide bonds. The number of carbonyl (C=O) groups is 1. The van der Waals surface area contributed by atoms with E-state index in [1.807, 2.05) is 14.4 Å². The summed E-state index contributed by atoms with van der Waals surface area (Å²) in [5, 5.41) is 22.0. The summed E-state index contributed by atoms with van der Waals surface area (Å²) in [5.41, 5.74) is 1.34. The van der Waals surface area contributed by atoms with E-state index in [1.165, 1.54) is 0 Å². The van der Waals surface area contributed by atoms with Crippen LogP contribution in [0.5, 0.6) is 0 Å². The highest BCUT2D eigenvalue weighted by atomic mass is 16.3. The third-order valence-electron chi connectivity index (χ3n) is 5.48. The van der Waals surface area contributed by atoms with E-state index in [4.69, 9.17) is 4.98 Å². The molecule has 0 aliphatic carbocycles. The molecule has 1 atom stereocenters. The van der Waals surface area contributed by atoms with E-state index in [9.17, 15) is 15.0 Å². The summed E-state index contributed by atoms with van der Waals surface area (Å²) in [4.78, 5) is 29.6. The first-order valence-corrected chi connectivity index (χ1v) is 9.94. The summed E-state index contributed by atoms with van der Waals surface area (Å²) in [6.07, 6.45) is 5.17. The summed E-state index contributed by atoms with van der Waals surface area (Å²) < 4.78 is 1.94. The molecule has 2 aliphatic rings. The summed E-state index contributed by atoms with van der Waals surface area (Å²) >= 11 is 0. The molecule has 4 heterocycles. The monoisotopic (exact) mass is 389 g/mol. The van der Waals surface area contributed by atoms with Gasteiger partial charge in [-0.25, -0.2) is 4.98 Å². The van der Waals surface area contributed by atoms with Crippen LogP contribution < -0.4 is 10.2 Å². The van der Waals surface area contributed by atoms with Crippen LogP contribution in [-0.4, -0.2) is 86.0 Å². The molecule has 0 bridgehead atoms. The van der Waals surface area contributed by atoms with Gasteiger partial charge in [0.1, 0.15) is 0 Å². The number of aliphatic hydroxyl groups is 2. The van der Waals surface area contributed by atoms with E-state index >= 15 is 0 Å². The molecule has 28 heavy (non-hydrogen) atoms. The minimum absolute atomic E-state index is 0.0123. The van der Waals surface area contributed by atoms with Crippen LogP contribution in [0.1, 0.15) is 25.7 Å².